The Bertz CT molecular complexity index is 1610. The van der Waals surface area contributed by atoms with E-state index >= 15 is 0 Å². The molecule has 2 aromatic carbocycles. The normalized spacial score (nSPS) is 17.3. The summed E-state index contributed by atoms with van der Waals surface area (Å²) in [5, 5.41) is 3.73. The van der Waals surface area contributed by atoms with E-state index in [1.54, 1.807) is 49.6 Å². The predicted octanol–water partition coefficient (Wildman–Crippen LogP) is 6.43. The molecule has 2 aromatic heterocycles. The first-order valence-electron chi connectivity index (χ1n) is 12.8. The molecular formula is C28H28Cl2N6O3S. The lowest BCUT2D eigenvalue weighted by Crippen LogP contribution is -2.33. The fraction of sp³-hybridized carbons (Fsp3) is 0.250. The van der Waals surface area contributed by atoms with Crippen LogP contribution in [0.2, 0.25) is 10.0 Å². The van der Waals surface area contributed by atoms with Crippen molar-refractivity contribution in [1.29, 1.82) is 0 Å². The Morgan fingerprint density at radius 2 is 1.73 bits per heavy atom. The smallest absolute Gasteiger partial charge is 0.263 e. The molecule has 0 atom stereocenters. The minimum atomic E-state index is -3.93. The number of nitrogens with zero attached hydrogens (tertiary/aromatic N) is 3. The van der Waals surface area contributed by atoms with Gasteiger partial charge in [0, 0.05) is 24.5 Å². The minimum Gasteiger partial charge on any atom is -0.436 e. The highest BCUT2D eigenvalue weighted by Crippen LogP contribution is 2.38. The zero-order chi connectivity index (χ0) is 28.3. The van der Waals surface area contributed by atoms with Crippen LogP contribution in [0.25, 0.3) is 11.3 Å². The van der Waals surface area contributed by atoms with Gasteiger partial charge in [0.25, 0.3) is 10.0 Å². The molecule has 2 heterocycles. The van der Waals surface area contributed by atoms with Gasteiger partial charge in [0.2, 0.25) is 11.8 Å². The van der Waals surface area contributed by atoms with Crippen LogP contribution in [0.15, 0.2) is 71.9 Å². The van der Waals surface area contributed by atoms with E-state index in [1.807, 2.05) is 6.07 Å². The number of nitrogens with one attached hydrogen (secondary N) is 2. The van der Waals surface area contributed by atoms with Crippen LogP contribution in [0.5, 0.6) is 11.6 Å². The summed E-state index contributed by atoms with van der Waals surface area (Å²) in [6.07, 6.45) is 7.18. The van der Waals surface area contributed by atoms with Crippen molar-refractivity contribution in [2.45, 2.75) is 49.6 Å². The lowest BCUT2D eigenvalue weighted by Gasteiger charge is -2.26. The molecular weight excluding hydrogens is 571 g/mol. The van der Waals surface area contributed by atoms with Crippen molar-refractivity contribution in [2.24, 2.45) is 5.73 Å². The van der Waals surface area contributed by atoms with Crippen LogP contribution in [-0.4, -0.2) is 35.5 Å². The van der Waals surface area contributed by atoms with E-state index in [2.05, 4.69) is 20.0 Å². The lowest BCUT2D eigenvalue weighted by molar-refractivity contribution is 0.410. The van der Waals surface area contributed by atoms with E-state index in [-0.39, 0.29) is 32.7 Å². The summed E-state index contributed by atoms with van der Waals surface area (Å²) in [6.45, 7) is 1.76. The number of anilines is 2. The van der Waals surface area contributed by atoms with E-state index in [1.165, 1.54) is 18.2 Å². The van der Waals surface area contributed by atoms with Gasteiger partial charge >= 0.3 is 0 Å². The molecule has 0 unspecified atom stereocenters. The number of aryl methyl sites for hydroxylation is 1. The van der Waals surface area contributed by atoms with Gasteiger partial charge in [0.05, 0.1) is 27.0 Å². The van der Waals surface area contributed by atoms with Gasteiger partial charge in [-0.2, -0.15) is 0 Å². The van der Waals surface area contributed by atoms with E-state index in [0.717, 1.165) is 25.7 Å². The van der Waals surface area contributed by atoms with Crippen LogP contribution in [-0.2, 0) is 10.0 Å². The van der Waals surface area contributed by atoms with Gasteiger partial charge in [0.15, 0.2) is 5.75 Å². The molecule has 12 heteroatoms. The van der Waals surface area contributed by atoms with Crippen molar-refractivity contribution in [3.8, 4) is 22.9 Å². The maximum Gasteiger partial charge on any atom is 0.263 e. The van der Waals surface area contributed by atoms with Crippen molar-refractivity contribution in [2.75, 3.05) is 10.0 Å². The fourth-order valence-electron chi connectivity index (χ4n) is 4.58. The molecule has 0 spiro atoms. The summed E-state index contributed by atoms with van der Waals surface area (Å²) in [5.41, 5.74) is 8.18. The molecule has 4 aromatic rings. The highest BCUT2D eigenvalue weighted by molar-refractivity contribution is 7.92. The topological polar surface area (TPSA) is 132 Å². The minimum absolute atomic E-state index is 0.0327. The second-order valence-corrected chi connectivity index (χ2v) is 12.1. The number of ether oxygens (including phenoxy) is 1. The Hall–Kier alpha value is -3.44. The highest BCUT2D eigenvalue weighted by atomic mass is 35.5. The summed E-state index contributed by atoms with van der Waals surface area (Å²) >= 11 is 12.7. The molecule has 4 N–H and O–H groups in total. The third-order valence-corrected chi connectivity index (χ3v) is 8.78. The average Bonchev–Trinajstić information content (AvgIpc) is 2.92. The SMILES string of the molecule is Cc1cc(NS(=O)(=O)c2ccccc2Cl)cc(Cl)c1Oc1ncccc1-c1ccnc(NC2CCC(N)CC2)n1. The van der Waals surface area contributed by atoms with Crippen LogP contribution in [0.3, 0.4) is 0 Å². The quantitative estimate of drug-likeness (QED) is 0.211. The van der Waals surface area contributed by atoms with Gasteiger partial charge in [-0.3, -0.25) is 4.72 Å². The Kier molecular flexibility index (Phi) is 8.41. The Morgan fingerprint density at radius 3 is 2.48 bits per heavy atom. The van der Waals surface area contributed by atoms with Gasteiger partial charge in [0.1, 0.15) is 4.90 Å². The number of hydrogen-bond acceptors (Lipinski definition) is 8. The summed E-state index contributed by atoms with van der Waals surface area (Å²) in [5.74, 6) is 1.16. The number of sulfonamides is 1. The number of pyridine rings is 1. The lowest BCUT2D eigenvalue weighted by atomic mass is 9.92. The Morgan fingerprint density at radius 1 is 0.950 bits per heavy atom. The van der Waals surface area contributed by atoms with Crippen molar-refractivity contribution in [3.05, 3.63) is 82.6 Å². The summed E-state index contributed by atoms with van der Waals surface area (Å²) in [6, 6.07) is 15.3. The van der Waals surface area contributed by atoms with E-state index in [9.17, 15) is 8.42 Å². The van der Waals surface area contributed by atoms with Gasteiger partial charge in [-0.05, 0) is 80.6 Å². The third kappa shape index (κ3) is 6.47. The number of benzene rings is 2. The Balaban J connectivity index is 1.37. The second-order valence-electron chi connectivity index (χ2n) is 9.62. The van der Waals surface area contributed by atoms with Gasteiger partial charge < -0.3 is 15.8 Å². The number of nitrogens with two attached hydrogens (primary N) is 1. The van der Waals surface area contributed by atoms with Crippen LogP contribution in [0.1, 0.15) is 31.2 Å². The molecule has 0 aliphatic heterocycles. The molecule has 40 heavy (non-hydrogen) atoms. The number of hydrogen-bond donors (Lipinski definition) is 3. The predicted molar refractivity (Wildman–Crippen MR) is 158 cm³/mol. The summed E-state index contributed by atoms with van der Waals surface area (Å²) < 4.78 is 34.5. The molecule has 0 bridgehead atoms. The molecule has 0 amide bonds. The van der Waals surface area contributed by atoms with Gasteiger partial charge in [-0.1, -0.05) is 35.3 Å². The second kappa shape index (κ2) is 12.0. The molecule has 9 nitrogen and oxygen atoms in total. The first-order valence-corrected chi connectivity index (χ1v) is 15.0. The summed E-state index contributed by atoms with van der Waals surface area (Å²) in [4.78, 5) is 13.5. The van der Waals surface area contributed by atoms with E-state index in [0.29, 0.717) is 34.4 Å². The van der Waals surface area contributed by atoms with Crippen molar-refractivity contribution in [3.63, 3.8) is 0 Å². The van der Waals surface area contributed by atoms with Gasteiger partial charge in [-0.25, -0.2) is 23.4 Å². The van der Waals surface area contributed by atoms with Crippen LogP contribution >= 0.6 is 23.2 Å². The molecule has 1 aliphatic carbocycles. The molecule has 1 aliphatic rings. The number of halogens is 2. The van der Waals surface area contributed by atoms with Crippen molar-refractivity contribution < 1.29 is 13.2 Å². The van der Waals surface area contributed by atoms with Crippen LogP contribution < -0.4 is 20.5 Å². The molecule has 208 valence electrons. The number of aromatic nitrogens is 3. The first kappa shape index (κ1) is 28.1. The maximum atomic E-state index is 12.9. The largest absolute Gasteiger partial charge is 0.436 e. The van der Waals surface area contributed by atoms with Crippen LogP contribution in [0, 0.1) is 6.92 Å². The molecule has 5 rings (SSSR count). The summed E-state index contributed by atoms with van der Waals surface area (Å²) in [7, 11) is -3.93. The third-order valence-electron chi connectivity index (χ3n) is 6.61. The van der Waals surface area contributed by atoms with E-state index < -0.39 is 10.0 Å². The van der Waals surface area contributed by atoms with Crippen molar-refractivity contribution in [1.82, 2.24) is 15.0 Å². The first-order chi connectivity index (χ1) is 19.2. The van der Waals surface area contributed by atoms with E-state index in [4.69, 9.17) is 38.7 Å². The highest BCUT2D eigenvalue weighted by Gasteiger charge is 2.21. The fourth-order valence-corrected chi connectivity index (χ4v) is 6.45. The zero-order valence-corrected chi connectivity index (χ0v) is 24.0. The number of rotatable bonds is 8. The molecule has 0 saturated heterocycles. The maximum absolute atomic E-state index is 12.9. The van der Waals surface area contributed by atoms with Gasteiger partial charge in [-0.15, -0.1) is 0 Å². The van der Waals surface area contributed by atoms with Crippen LogP contribution in [0.4, 0.5) is 11.6 Å². The zero-order valence-electron chi connectivity index (χ0n) is 21.6. The average molecular weight is 600 g/mol. The van der Waals surface area contributed by atoms with Crippen molar-refractivity contribution >= 4 is 44.9 Å². The standard InChI is InChI=1S/C28H28Cl2N6O3S/c1-17-15-20(36-40(37,38)25-7-3-2-6-22(25)29)16-23(30)26(17)39-27-21(5-4-13-32-27)24-12-14-33-28(35-24)34-19-10-8-18(31)9-11-19/h2-7,12-16,18-19,36H,8-11,31H2,1H3,(H,33,34,35). The monoisotopic (exact) mass is 598 g/mol. The molecule has 1 fully saturated rings. The molecule has 1 saturated carbocycles. The molecule has 0 radical (unpaired) electrons. The Labute approximate surface area is 243 Å².